The van der Waals surface area contributed by atoms with Crippen molar-refractivity contribution in [3.63, 3.8) is 0 Å². The Balaban J connectivity index is 2.11. The number of carbonyl (C=O) groups is 2. The molecule has 1 fully saturated rings. The summed E-state index contributed by atoms with van der Waals surface area (Å²) in [7, 11) is 0. The minimum Gasteiger partial charge on any atom is -0.454 e. The van der Waals surface area contributed by atoms with Crippen LogP contribution < -0.4 is 5.32 Å². The first-order valence-electron chi connectivity index (χ1n) is 9.19. The molecule has 144 valence electrons. The number of nitrogens with one attached hydrogen (secondary N) is 1. The van der Waals surface area contributed by atoms with Crippen LogP contribution in [-0.4, -0.2) is 51.6 Å². The molecule has 25 heavy (non-hydrogen) atoms. The molecule has 0 aromatic heterocycles. The van der Waals surface area contributed by atoms with Crippen molar-refractivity contribution >= 4 is 11.9 Å². The highest BCUT2D eigenvalue weighted by atomic mass is 16.6. The second kappa shape index (κ2) is 12.0. The highest BCUT2D eigenvalue weighted by molar-refractivity contribution is 5.84. The van der Waals surface area contributed by atoms with Crippen LogP contribution in [-0.2, 0) is 14.3 Å². The van der Waals surface area contributed by atoms with Crippen molar-refractivity contribution in [1.29, 1.82) is 0 Å². The Morgan fingerprint density at radius 2 is 1.76 bits per heavy atom. The first-order chi connectivity index (χ1) is 12.0. The maximum atomic E-state index is 11.8. The number of esters is 1. The number of allylic oxidation sites excluding steroid dienone is 1. The lowest BCUT2D eigenvalue weighted by molar-refractivity contribution is -0.153. The SMILES string of the molecule is CCCCCCCCCCC=CNC(=O)[C@H](O)[C@H]1OC(=O)[C@@H](O)[C@H]1O. The lowest BCUT2D eigenvalue weighted by Crippen LogP contribution is -2.46. The first-order valence-corrected chi connectivity index (χ1v) is 9.19. The van der Waals surface area contributed by atoms with Crippen LogP contribution in [0.5, 0.6) is 0 Å². The molecule has 1 amide bonds. The number of aliphatic hydroxyl groups excluding tert-OH is 3. The fourth-order valence-corrected chi connectivity index (χ4v) is 2.70. The Hall–Kier alpha value is -1.44. The van der Waals surface area contributed by atoms with Crippen molar-refractivity contribution in [3.8, 4) is 0 Å². The quantitative estimate of drug-likeness (QED) is 0.308. The molecule has 1 saturated heterocycles. The summed E-state index contributed by atoms with van der Waals surface area (Å²) in [4.78, 5) is 22.8. The highest BCUT2D eigenvalue weighted by Crippen LogP contribution is 2.19. The van der Waals surface area contributed by atoms with Gasteiger partial charge in [-0.05, 0) is 19.0 Å². The van der Waals surface area contributed by atoms with Gasteiger partial charge in [0.25, 0.3) is 5.91 Å². The number of carbonyl (C=O) groups excluding carboxylic acids is 2. The zero-order valence-corrected chi connectivity index (χ0v) is 14.9. The number of hydrogen-bond acceptors (Lipinski definition) is 6. The van der Waals surface area contributed by atoms with Crippen LogP contribution in [0.3, 0.4) is 0 Å². The molecule has 4 atom stereocenters. The van der Waals surface area contributed by atoms with Gasteiger partial charge in [0.15, 0.2) is 18.3 Å². The van der Waals surface area contributed by atoms with Gasteiger partial charge in [0.2, 0.25) is 0 Å². The van der Waals surface area contributed by atoms with Gasteiger partial charge in [-0.25, -0.2) is 4.79 Å². The smallest absolute Gasteiger partial charge is 0.338 e. The van der Waals surface area contributed by atoms with Crippen LogP contribution >= 0.6 is 0 Å². The summed E-state index contributed by atoms with van der Waals surface area (Å²) >= 11 is 0. The largest absolute Gasteiger partial charge is 0.454 e. The topological polar surface area (TPSA) is 116 Å². The molecule has 0 unspecified atom stereocenters. The lowest BCUT2D eigenvalue weighted by atomic mass is 10.1. The number of unbranched alkanes of at least 4 members (excludes halogenated alkanes) is 8. The van der Waals surface area contributed by atoms with Crippen LogP contribution in [0.2, 0.25) is 0 Å². The summed E-state index contributed by atoms with van der Waals surface area (Å²) in [5.74, 6) is -1.84. The number of ether oxygens (including phenoxy) is 1. The van der Waals surface area contributed by atoms with Gasteiger partial charge in [0, 0.05) is 0 Å². The average molecular weight is 357 g/mol. The number of hydrogen-bond donors (Lipinski definition) is 4. The van der Waals surface area contributed by atoms with Gasteiger partial charge in [0.1, 0.15) is 6.10 Å². The molecule has 1 rings (SSSR count). The van der Waals surface area contributed by atoms with E-state index in [1.807, 2.05) is 0 Å². The molecule has 0 radical (unpaired) electrons. The Kier molecular flexibility index (Phi) is 10.4. The minimum absolute atomic E-state index is 0.793. The molecule has 0 aliphatic carbocycles. The van der Waals surface area contributed by atoms with Gasteiger partial charge in [0.05, 0.1) is 0 Å². The van der Waals surface area contributed by atoms with E-state index in [0.717, 1.165) is 19.3 Å². The fourth-order valence-electron chi connectivity index (χ4n) is 2.70. The van der Waals surface area contributed by atoms with E-state index in [1.165, 1.54) is 44.7 Å². The van der Waals surface area contributed by atoms with Crippen molar-refractivity contribution in [1.82, 2.24) is 5.32 Å². The van der Waals surface area contributed by atoms with E-state index in [9.17, 15) is 24.9 Å². The molecule has 0 spiro atoms. The molecule has 1 aliphatic heterocycles. The number of cyclic esters (lactones) is 1. The fraction of sp³-hybridized carbons (Fsp3) is 0.778. The third-order valence-electron chi connectivity index (χ3n) is 4.30. The van der Waals surface area contributed by atoms with Gasteiger partial charge in [-0.1, -0.05) is 57.9 Å². The molecule has 0 bridgehead atoms. The Morgan fingerprint density at radius 1 is 1.16 bits per heavy atom. The lowest BCUT2D eigenvalue weighted by Gasteiger charge is -2.18. The van der Waals surface area contributed by atoms with Gasteiger partial charge >= 0.3 is 5.97 Å². The Morgan fingerprint density at radius 3 is 2.32 bits per heavy atom. The van der Waals surface area contributed by atoms with Crippen LogP contribution in [0.4, 0.5) is 0 Å². The second-order valence-electron chi connectivity index (χ2n) is 6.46. The maximum Gasteiger partial charge on any atom is 0.338 e. The van der Waals surface area contributed by atoms with E-state index in [-0.39, 0.29) is 0 Å². The van der Waals surface area contributed by atoms with E-state index in [2.05, 4.69) is 17.0 Å². The number of rotatable bonds is 12. The third-order valence-corrected chi connectivity index (χ3v) is 4.30. The van der Waals surface area contributed by atoms with Gasteiger partial charge in [-0.15, -0.1) is 0 Å². The van der Waals surface area contributed by atoms with Crippen molar-refractivity contribution in [2.75, 3.05) is 0 Å². The van der Waals surface area contributed by atoms with Crippen LogP contribution in [0.25, 0.3) is 0 Å². The van der Waals surface area contributed by atoms with Crippen LogP contribution in [0, 0.1) is 0 Å². The molecule has 0 aromatic carbocycles. The predicted molar refractivity (Wildman–Crippen MR) is 92.4 cm³/mol. The van der Waals surface area contributed by atoms with E-state index in [1.54, 1.807) is 6.08 Å². The molecular weight excluding hydrogens is 326 g/mol. The van der Waals surface area contributed by atoms with Crippen molar-refractivity contribution in [2.45, 2.75) is 89.1 Å². The molecule has 0 aromatic rings. The summed E-state index contributed by atoms with van der Waals surface area (Å²) in [6.07, 6.45) is 7.37. The van der Waals surface area contributed by atoms with Gasteiger partial charge in [-0.2, -0.15) is 0 Å². The summed E-state index contributed by atoms with van der Waals surface area (Å²) in [5.41, 5.74) is 0. The molecule has 1 aliphatic rings. The maximum absolute atomic E-state index is 11.8. The van der Waals surface area contributed by atoms with Gasteiger partial charge < -0.3 is 25.4 Å². The standard InChI is InChI=1S/C18H31NO6/c1-2-3-4-5-6-7-8-9-10-11-12-19-17(23)15(22)16-13(20)14(21)18(24)25-16/h11-16,20-22H,2-10H2,1H3,(H,19,23)/t13-,14+,15-,16+/m1/s1. The highest BCUT2D eigenvalue weighted by Gasteiger charge is 2.48. The van der Waals surface area contributed by atoms with Crippen molar-refractivity contribution in [2.24, 2.45) is 0 Å². The Labute approximate surface area is 149 Å². The molecule has 1 heterocycles. The van der Waals surface area contributed by atoms with E-state index in [0.29, 0.717) is 0 Å². The van der Waals surface area contributed by atoms with Crippen molar-refractivity contribution < 1.29 is 29.6 Å². The second-order valence-corrected chi connectivity index (χ2v) is 6.46. The number of amides is 1. The zero-order valence-electron chi connectivity index (χ0n) is 14.9. The van der Waals surface area contributed by atoms with E-state index >= 15 is 0 Å². The van der Waals surface area contributed by atoms with Gasteiger partial charge in [-0.3, -0.25) is 4.79 Å². The zero-order chi connectivity index (χ0) is 18.7. The van der Waals surface area contributed by atoms with Crippen LogP contribution in [0.15, 0.2) is 12.3 Å². The Bertz CT molecular complexity index is 439. The van der Waals surface area contributed by atoms with Crippen LogP contribution in [0.1, 0.15) is 64.7 Å². The average Bonchev–Trinajstić information content (AvgIpc) is 2.86. The monoisotopic (exact) mass is 357 g/mol. The van der Waals surface area contributed by atoms with E-state index < -0.39 is 36.3 Å². The molecule has 0 saturated carbocycles. The number of aliphatic hydroxyl groups is 3. The molecule has 4 N–H and O–H groups in total. The minimum atomic E-state index is -1.73. The summed E-state index contributed by atoms with van der Waals surface area (Å²) in [5, 5.41) is 31.0. The third kappa shape index (κ3) is 7.54. The van der Waals surface area contributed by atoms with Crippen molar-refractivity contribution in [3.05, 3.63) is 12.3 Å². The summed E-state index contributed by atoms with van der Waals surface area (Å²) in [6.45, 7) is 2.20. The summed E-state index contributed by atoms with van der Waals surface area (Å²) < 4.78 is 4.60. The predicted octanol–water partition coefficient (Wildman–Crippen LogP) is 1.16. The molecular formula is C18H31NO6. The molecule has 7 heteroatoms. The summed E-state index contributed by atoms with van der Waals surface area (Å²) in [6, 6.07) is 0. The normalized spacial score (nSPS) is 24.5. The first kappa shape index (κ1) is 21.6. The molecule has 7 nitrogen and oxygen atoms in total. The van der Waals surface area contributed by atoms with E-state index in [4.69, 9.17) is 0 Å².